The Morgan fingerprint density at radius 1 is 1.37 bits per heavy atom. The molecule has 0 bridgehead atoms. The number of hydrogen-bond donors (Lipinski definition) is 2. The van der Waals surface area contributed by atoms with E-state index in [-0.39, 0.29) is 24.7 Å². The summed E-state index contributed by atoms with van der Waals surface area (Å²) >= 11 is 0. The topological polar surface area (TPSA) is 61.8 Å². The number of carbonyl (C=O) groups is 1. The van der Waals surface area contributed by atoms with Gasteiger partial charge in [0, 0.05) is 13.1 Å². The van der Waals surface area contributed by atoms with Gasteiger partial charge in [0.05, 0.1) is 25.4 Å². The highest BCUT2D eigenvalue weighted by atomic mass is 16.5. The summed E-state index contributed by atoms with van der Waals surface area (Å²) in [5.41, 5.74) is 0. The van der Waals surface area contributed by atoms with E-state index in [2.05, 4.69) is 12.2 Å². The molecular formula is C14H26N2O3. The molecule has 0 aromatic rings. The Bertz CT molecular complexity index is 290. The second-order valence-corrected chi connectivity index (χ2v) is 5.67. The van der Waals surface area contributed by atoms with E-state index in [9.17, 15) is 4.79 Å². The number of amides is 1. The first-order valence-electron chi connectivity index (χ1n) is 7.47. The van der Waals surface area contributed by atoms with Gasteiger partial charge in [-0.3, -0.25) is 4.79 Å². The van der Waals surface area contributed by atoms with Gasteiger partial charge in [0.1, 0.15) is 0 Å². The normalized spacial score (nSPS) is 29.5. The number of aliphatic hydroxyl groups excluding tert-OH is 1. The van der Waals surface area contributed by atoms with Crippen LogP contribution in [-0.4, -0.2) is 60.9 Å². The Hall–Kier alpha value is -0.650. The highest BCUT2D eigenvalue weighted by molar-refractivity contribution is 5.82. The number of rotatable bonds is 4. The van der Waals surface area contributed by atoms with Crippen molar-refractivity contribution in [3.8, 4) is 0 Å². The Morgan fingerprint density at radius 2 is 2.11 bits per heavy atom. The Balaban J connectivity index is 1.78. The van der Waals surface area contributed by atoms with Gasteiger partial charge in [0.2, 0.25) is 5.91 Å². The van der Waals surface area contributed by atoms with E-state index in [1.807, 2.05) is 4.90 Å². The van der Waals surface area contributed by atoms with Crippen LogP contribution in [0.25, 0.3) is 0 Å². The number of aliphatic hydroxyl groups is 1. The lowest BCUT2D eigenvalue weighted by atomic mass is 9.91. The van der Waals surface area contributed by atoms with Crippen molar-refractivity contribution in [2.75, 3.05) is 32.8 Å². The van der Waals surface area contributed by atoms with Crippen molar-refractivity contribution in [1.29, 1.82) is 0 Å². The maximum absolute atomic E-state index is 12.5. The van der Waals surface area contributed by atoms with Crippen LogP contribution in [0.5, 0.6) is 0 Å². The van der Waals surface area contributed by atoms with Crippen LogP contribution in [0, 0.1) is 5.92 Å². The van der Waals surface area contributed by atoms with Crippen LogP contribution < -0.4 is 5.32 Å². The van der Waals surface area contributed by atoms with E-state index >= 15 is 0 Å². The fourth-order valence-corrected chi connectivity index (χ4v) is 3.04. The van der Waals surface area contributed by atoms with Gasteiger partial charge in [0.25, 0.3) is 0 Å². The third-order valence-corrected chi connectivity index (χ3v) is 4.23. The van der Waals surface area contributed by atoms with Gasteiger partial charge in [-0.15, -0.1) is 0 Å². The molecule has 0 saturated carbocycles. The van der Waals surface area contributed by atoms with Crippen LogP contribution in [0.15, 0.2) is 0 Å². The number of hydrogen-bond acceptors (Lipinski definition) is 4. The minimum Gasteiger partial charge on any atom is -0.394 e. The maximum Gasteiger partial charge on any atom is 0.239 e. The predicted molar refractivity (Wildman–Crippen MR) is 72.8 cm³/mol. The molecular weight excluding hydrogens is 244 g/mol. The van der Waals surface area contributed by atoms with Crippen LogP contribution in [0.4, 0.5) is 0 Å². The highest BCUT2D eigenvalue weighted by Gasteiger charge is 2.32. The van der Waals surface area contributed by atoms with Crippen LogP contribution in [0.1, 0.15) is 32.6 Å². The molecule has 0 radical (unpaired) electrons. The minimum absolute atomic E-state index is 0.00339. The fourth-order valence-electron chi connectivity index (χ4n) is 3.04. The molecule has 110 valence electrons. The Morgan fingerprint density at radius 3 is 2.74 bits per heavy atom. The van der Waals surface area contributed by atoms with Gasteiger partial charge in [-0.25, -0.2) is 0 Å². The second-order valence-electron chi connectivity index (χ2n) is 5.67. The molecule has 0 spiro atoms. The van der Waals surface area contributed by atoms with Crippen molar-refractivity contribution in [3.63, 3.8) is 0 Å². The van der Waals surface area contributed by atoms with E-state index in [4.69, 9.17) is 9.84 Å². The lowest BCUT2D eigenvalue weighted by Gasteiger charge is -2.37. The number of carbonyl (C=O) groups excluding carboxylic acids is 1. The highest BCUT2D eigenvalue weighted by Crippen LogP contribution is 2.20. The Kier molecular flexibility index (Phi) is 5.60. The number of piperidine rings is 2. The van der Waals surface area contributed by atoms with Crippen molar-refractivity contribution in [1.82, 2.24) is 10.2 Å². The first kappa shape index (κ1) is 14.8. The average Bonchev–Trinajstić information content (AvgIpc) is 2.45. The zero-order valence-electron chi connectivity index (χ0n) is 11.8. The zero-order valence-corrected chi connectivity index (χ0v) is 11.8. The van der Waals surface area contributed by atoms with Gasteiger partial charge in [-0.1, -0.05) is 6.92 Å². The lowest BCUT2D eigenvalue weighted by Crippen LogP contribution is -2.54. The second kappa shape index (κ2) is 7.22. The summed E-state index contributed by atoms with van der Waals surface area (Å²) < 4.78 is 5.52. The summed E-state index contributed by atoms with van der Waals surface area (Å²) in [6.45, 7) is 5.14. The molecule has 19 heavy (non-hydrogen) atoms. The molecule has 0 aromatic carbocycles. The lowest BCUT2D eigenvalue weighted by molar-refractivity contribution is -0.138. The third kappa shape index (κ3) is 3.91. The van der Waals surface area contributed by atoms with Crippen LogP contribution >= 0.6 is 0 Å². The summed E-state index contributed by atoms with van der Waals surface area (Å²) in [5, 5.41) is 12.1. The fraction of sp³-hybridized carbons (Fsp3) is 0.929. The maximum atomic E-state index is 12.5. The number of likely N-dealkylation sites (tertiary alicyclic amines) is 1. The molecule has 2 rings (SSSR count). The minimum atomic E-state index is 0.00339. The molecule has 2 saturated heterocycles. The van der Waals surface area contributed by atoms with Gasteiger partial charge < -0.3 is 20.1 Å². The van der Waals surface area contributed by atoms with Gasteiger partial charge >= 0.3 is 0 Å². The average molecular weight is 270 g/mol. The summed E-state index contributed by atoms with van der Waals surface area (Å²) in [4.78, 5) is 14.4. The summed E-state index contributed by atoms with van der Waals surface area (Å²) in [5.74, 6) is 0.692. The van der Waals surface area contributed by atoms with E-state index in [0.29, 0.717) is 12.5 Å². The van der Waals surface area contributed by atoms with Crippen molar-refractivity contribution < 1.29 is 14.6 Å². The molecule has 2 fully saturated rings. The third-order valence-electron chi connectivity index (χ3n) is 4.23. The molecule has 5 nitrogen and oxygen atoms in total. The summed E-state index contributed by atoms with van der Waals surface area (Å²) in [7, 11) is 0. The Labute approximate surface area is 115 Å². The molecule has 5 heteroatoms. The smallest absolute Gasteiger partial charge is 0.239 e. The van der Waals surface area contributed by atoms with E-state index in [1.54, 1.807) is 0 Å². The molecule has 2 aliphatic heterocycles. The number of nitrogens with one attached hydrogen (secondary N) is 1. The van der Waals surface area contributed by atoms with Crippen LogP contribution in [0.2, 0.25) is 0 Å². The first-order chi connectivity index (χ1) is 9.22. The van der Waals surface area contributed by atoms with E-state index in [0.717, 1.165) is 38.9 Å². The molecule has 2 unspecified atom stereocenters. The standard InChI is InChI=1S/C14H26N2O3/c1-11-3-2-6-15-13(11)14(18)16-7-4-12(5-8-16)19-10-9-17/h11-13,15,17H,2-10H2,1H3. The molecule has 2 heterocycles. The van der Waals surface area contributed by atoms with Gasteiger partial charge in [0.15, 0.2) is 0 Å². The molecule has 0 aliphatic carbocycles. The van der Waals surface area contributed by atoms with Crippen molar-refractivity contribution >= 4 is 5.91 Å². The van der Waals surface area contributed by atoms with Crippen LogP contribution in [0.3, 0.4) is 0 Å². The van der Waals surface area contributed by atoms with Crippen molar-refractivity contribution in [2.45, 2.75) is 44.8 Å². The van der Waals surface area contributed by atoms with E-state index in [1.165, 1.54) is 6.42 Å². The van der Waals surface area contributed by atoms with Crippen molar-refractivity contribution in [3.05, 3.63) is 0 Å². The largest absolute Gasteiger partial charge is 0.394 e. The van der Waals surface area contributed by atoms with Gasteiger partial charge in [-0.2, -0.15) is 0 Å². The SMILES string of the molecule is CC1CCCNC1C(=O)N1CCC(OCCO)CC1. The molecule has 1 amide bonds. The van der Waals surface area contributed by atoms with E-state index < -0.39 is 0 Å². The zero-order chi connectivity index (χ0) is 13.7. The van der Waals surface area contributed by atoms with Gasteiger partial charge in [-0.05, 0) is 38.1 Å². The van der Waals surface area contributed by atoms with Crippen molar-refractivity contribution in [2.24, 2.45) is 5.92 Å². The quantitative estimate of drug-likeness (QED) is 0.775. The molecule has 0 aromatic heterocycles. The summed E-state index contributed by atoms with van der Waals surface area (Å²) in [6, 6.07) is 0.00339. The number of ether oxygens (including phenoxy) is 1. The monoisotopic (exact) mass is 270 g/mol. The number of nitrogens with zero attached hydrogens (tertiary/aromatic N) is 1. The summed E-state index contributed by atoms with van der Waals surface area (Å²) in [6.07, 6.45) is 4.27. The molecule has 2 atom stereocenters. The molecule has 2 aliphatic rings. The first-order valence-corrected chi connectivity index (χ1v) is 7.47. The van der Waals surface area contributed by atoms with Crippen LogP contribution in [-0.2, 0) is 9.53 Å². The molecule has 2 N–H and O–H groups in total. The predicted octanol–water partition coefficient (Wildman–Crippen LogP) is 0.374.